The van der Waals surface area contributed by atoms with Crippen LogP contribution in [0.2, 0.25) is 0 Å². The standard InChI is InChI=1S/C23H23BrO3/c24-22-16-19(8-11-23(22)27-17-20-4-2-1-3-5-20)13-15-26-21-9-6-18(7-10-21)12-14-25/h1-11,16,25H,12-15,17H2. The summed E-state index contributed by atoms with van der Waals surface area (Å²) in [5.74, 6) is 1.68. The van der Waals surface area contributed by atoms with Crippen LogP contribution >= 0.6 is 15.9 Å². The minimum absolute atomic E-state index is 0.167. The van der Waals surface area contributed by atoms with Gasteiger partial charge in [-0.1, -0.05) is 48.5 Å². The van der Waals surface area contributed by atoms with Crippen molar-refractivity contribution in [3.63, 3.8) is 0 Å². The predicted molar refractivity (Wildman–Crippen MR) is 111 cm³/mol. The van der Waals surface area contributed by atoms with E-state index in [1.807, 2.05) is 48.5 Å². The summed E-state index contributed by atoms with van der Waals surface area (Å²) in [5.41, 5.74) is 3.44. The largest absolute Gasteiger partial charge is 0.493 e. The first-order valence-electron chi connectivity index (χ1n) is 9.02. The Kier molecular flexibility index (Phi) is 7.31. The second-order valence-electron chi connectivity index (χ2n) is 6.26. The third-order valence-electron chi connectivity index (χ3n) is 4.22. The molecule has 27 heavy (non-hydrogen) atoms. The van der Waals surface area contributed by atoms with Crippen molar-refractivity contribution in [1.29, 1.82) is 0 Å². The summed E-state index contributed by atoms with van der Waals surface area (Å²) in [4.78, 5) is 0. The molecule has 0 fully saturated rings. The van der Waals surface area contributed by atoms with E-state index >= 15 is 0 Å². The van der Waals surface area contributed by atoms with Crippen LogP contribution in [0.5, 0.6) is 11.5 Å². The molecule has 0 atom stereocenters. The number of hydrogen-bond donors (Lipinski definition) is 1. The lowest BCUT2D eigenvalue weighted by atomic mass is 10.1. The third-order valence-corrected chi connectivity index (χ3v) is 4.84. The highest BCUT2D eigenvalue weighted by Crippen LogP contribution is 2.27. The van der Waals surface area contributed by atoms with Gasteiger partial charge in [-0.2, -0.15) is 0 Å². The van der Waals surface area contributed by atoms with Crippen LogP contribution in [0.25, 0.3) is 0 Å². The zero-order valence-electron chi connectivity index (χ0n) is 15.1. The molecule has 0 heterocycles. The number of hydrogen-bond acceptors (Lipinski definition) is 3. The maximum atomic E-state index is 8.95. The van der Waals surface area contributed by atoms with Gasteiger partial charge >= 0.3 is 0 Å². The van der Waals surface area contributed by atoms with Gasteiger partial charge in [-0.05, 0) is 63.3 Å². The molecule has 0 unspecified atom stereocenters. The Bertz CT molecular complexity index is 832. The van der Waals surface area contributed by atoms with Crippen LogP contribution in [-0.2, 0) is 19.4 Å². The molecule has 0 spiro atoms. The van der Waals surface area contributed by atoms with Crippen molar-refractivity contribution in [2.24, 2.45) is 0 Å². The Morgan fingerprint density at radius 2 is 1.48 bits per heavy atom. The fourth-order valence-electron chi connectivity index (χ4n) is 2.72. The quantitative estimate of drug-likeness (QED) is 0.511. The van der Waals surface area contributed by atoms with Crippen molar-refractivity contribution >= 4 is 15.9 Å². The number of ether oxygens (including phenoxy) is 2. The van der Waals surface area contributed by atoms with Crippen molar-refractivity contribution < 1.29 is 14.6 Å². The average molecular weight is 427 g/mol. The van der Waals surface area contributed by atoms with Crippen LogP contribution in [-0.4, -0.2) is 18.3 Å². The van der Waals surface area contributed by atoms with E-state index in [0.717, 1.165) is 33.5 Å². The van der Waals surface area contributed by atoms with E-state index in [2.05, 4.69) is 40.2 Å². The number of benzene rings is 3. The van der Waals surface area contributed by atoms with E-state index in [-0.39, 0.29) is 6.61 Å². The zero-order chi connectivity index (χ0) is 18.9. The molecular formula is C23H23BrO3. The highest BCUT2D eigenvalue weighted by molar-refractivity contribution is 9.10. The lowest BCUT2D eigenvalue weighted by Gasteiger charge is -2.11. The Morgan fingerprint density at radius 3 is 2.19 bits per heavy atom. The molecule has 3 aromatic rings. The smallest absolute Gasteiger partial charge is 0.134 e. The maximum Gasteiger partial charge on any atom is 0.134 e. The number of aliphatic hydroxyl groups excluding tert-OH is 1. The van der Waals surface area contributed by atoms with Crippen LogP contribution in [0, 0.1) is 0 Å². The molecule has 0 aliphatic rings. The molecule has 3 aromatic carbocycles. The van der Waals surface area contributed by atoms with Crippen LogP contribution in [0.3, 0.4) is 0 Å². The van der Waals surface area contributed by atoms with E-state index < -0.39 is 0 Å². The molecule has 0 radical (unpaired) electrons. The van der Waals surface area contributed by atoms with Gasteiger partial charge in [0.05, 0.1) is 11.1 Å². The Hall–Kier alpha value is -2.30. The minimum atomic E-state index is 0.167. The fourth-order valence-corrected chi connectivity index (χ4v) is 3.26. The summed E-state index contributed by atoms with van der Waals surface area (Å²) in [5, 5.41) is 8.95. The topological polar surface area (TPSA) is 38.7 Å². The van der Waals surface area contributed by atoms with Crippen LogP contribution in [0.15, 0.2) is 77.3 Å². The molecule has 0 amide bonds. The Labute approximate surface area is 168 Å². The molecule has 3 rings (SSSR count). The summed E-state index contributed by atoms with van der Waals surface area (Å²) < 4.78 is 12.6. The first-order valence-corrected chi connectivity index (χ1v) is 9.81. The monoisotopic (exact) mass is 426 g/mol. The van der Waals surface area contributed by atoms with Crippen molar-refractivity contribution in [1.82, 2.24) is 0 Å². The van der Waals surface area contributed by atoms with Gasteiger partial charge in [-0.15, -0.1) is 0 Å². The SMILES string of the molecule is OCCc1ccc(OCCc2ccc(OCc3ccccc3)c(Br)c2)cc1. The van der Waals surface area contributed by atoms with Gasteiger partial charge in [0.25, 0.3) is 0 Å². The molecule has 0 saturated heterocycles. The van der Waals surface area contributed by atoms with Gasteiger partial charge in [0.2, 0.25) is 0 Å². The van der Waals surface area contributed by atoms with Crippen molar-refractivity contribution in [3.8, 4) is 11.5 Å². The second kappa shape index (κ2) is 10.1. The van der Waals surface area contributed by atoms with E-state index in [1.54, 1.807) is 0 Å². The molecular weight excluding hydrogens is 404 g/mol. The van der Waals surface area contributed by atoms with Crippen molar-refractivity contribution in [3.05, 3.63) is 94.0 Å². The molecule has 0 aromatic heterocycles. The van der Waals surface area contributed by atoms with Gasteiger partial charge in [-0.25, -0.2) is 0 Å². The van der Waals surface area contributed by atoms with Gasteiger partial charge < -0.3 is 14.6 Å². The maximum absolute atomic E-state index is 8.95. The van der Waals surface area contributed by atoms with E-state index in [4.69, 9.17) is 14.6 Å². The highest BCUT2D eigenvalue weighted by Gasteiger charge is 2.04. The molecule has 0 aliphatic heterocycles. The van der Waals surface area contributed by atoms with Gasteiger partial charge in [-0.3, -0.25) is 0 Å². The van der Waals surface area contributed by atoms with Crippen LogP contribution in [0.4, 0.5) is 0 Å². The molecule has 0 aliphatic carbocycles. The summed E-state index contributed by atoms with van der Waals surface area (Å²) in [6.07, 6.45) is 1.49. The van der Waals surface area contributed by atoms with E-state index in [1.165, 1.54) is 5.56 Å². The van der Waals surface area contributed by atoms with E-state index in [0.29, 0.717) is 19.6 Å². The predicted octanol–water partition coefficient (Wildman–Crippen LogP) is 5.18. The van der Waals surface area contributed by atoms with E-state index in [9.17, 15) is 0 Å². The van der Waals surface area contributed by atoms with Crippen molar-refractivity contribution in [2.45, 2.75) is 19.4 Å². The second-order valence-corrected chi connectivity index (χ2v) is 7.11. The number of rotatable bonds is 9. The minimum Gasteiger partial charge on any atom is -0.493 e. The summed E-state index contributed by atoms with van der Waals surface area (Å²) >= 11 is 3.59. The summed E-state index contributed by atoms with van der Waals surface area (Å²) in [7, 11) is 0. The first kappa shape index (κ1) is 19.5. The fraction of sp³-hybridized carbons (Fsp3) is 0.217. The van der Waals surface area contributed by atoms with Crippen LogP contribution in [0.1, 0.15) is 16.7 Å². The van der Waals surface area contributed by atoms with Gasteiger partial charge in [0, 0.05) is 13.0 Å². The van der Waals surface area contributed by atoms with Crippen LogP contribution < -0.4 is 9.47 Å². The summed E-state index contributed by atoms with van der Waals surface area (Å²) in [6, 6.07) is 24.1. The zero-order valence-corrected chi connectivity index (χ0v) is 16.7. The number of halogens is 1. The molecule has 4 heteroatoms. The lowest BCUT2D eigenvalue weighted by Crippen LogP contribution is -2.02. The summed E-state index contributed by atoms with van der Waals surface area (Å²) in [6.45, 7) is 1.32. The highest BCUT2D eigenvalue weighted by atomic mass is 79.9. The molecule has 0 saturated carbocycles. The normalized spacial score (nSPS) is 10.6. The van der Waals surface area contributed by atoms with Gasteiger partial charge in [0.1, 0.15) is 18.1 Å². The number of aliphatic hydroxyl groups is 1. The average Bonchev–Trinajstić information content (AvgIpc) is 2.70. The molecule has 3 nitrogen and oxygen atoms in total. The molecule has 140 valence electrons. The van der Waals surface area contributed by atoms with Gasteiger partial charge in [0.15, 0.2) is 0 Å². The molecule has 0 bridgehead atoms. The third kappa shape index (κ3) is 6.12. The first-order chi connectivity index (χ1) is 13.2. The molecule has 1 N–H and O–H groups in total. The Balaban J connectivity index is 1.48. The lowest BCUT2D eigenvalue weighted by molar-refractivity contribution is 0.299. The van der Waals surface area contributed by atoms with Crippen molar-refractivity contribution in [2.75, 3.05) is 13.2 Å². The Morgan fingerprint density at radius 1 is 0.741 bits per heavy atom.